The minimum atomic E-state index is 0.559. The Morgan fingerprint density at radius 3 is 3.33 bits per heavy atom. The standard InChI is InChI=1S/C11H13N/c1-9-5-6-10-4-2-3-7-12-11(10)8-9/h3,5-8,10H,2,4H2,1H3. The van der Waals surface area contributed by atoms with Crippen LogP contribution < -0.4 is 0 Å². The maximum absolute atomic E-state index is 4.40. The third-order valence-electron chi connectivity index (χ3n) is 2.32. The quantitative estimate of drug-likeness (QED) is 0.515. The zero-order valence-electron chi connectivity index (χ0n) is 7.33. The average molecular weight is 159 g/mol. The molecule has 0 aromatic carbocycles. The minimum absolute atomic E-state index is 0.559. The molecular formula is C11H13N. The lowest BCUT2D eigenvalue weighted by Crippen LogP contribution is -2.11. The summed E-state index contributed by atoms with van der Waals surface area (Å²) in [6.45, 7) is 2.11. The van der Waals surface area contributed by atoms with Crippen molar-refractivity contribution in [1.29, 1.82) is 0 Å². The van der Waals surface area contributed by atoms with Crippen molar-refractivity contribution in [3.63, 3.8) is 0 Å². The molecule has 1 heteroatoms. The van der Waals surface area contributed by atoms with Crippen LogP contribution in [-0.2, 0) is 0 Å². The van der Waals surface area contributed by atoms with E-state index in [1.807, 2.05) is 6.20 Å². The van der Waals surface area contributed by atoms with E-state index in [2.05, 4.69) is 36.2 Å². The molecule has 12 heavy (non-hydrogen) atoms. The summed E-state index contributed by atoms with van der Waals surface area (Å²) in [6.07, 6.45) is 13.1. The molecule has 62 valence electrons. The fourth-order valence-corrected chi connectivity index (χ4v) is 1.62. The van der Waals surface area contributed by atoms with E-state index in [9.17, 15) is 0 Å². The van der Waals surface area contributed by atoms with Gasteiger partial charge in [-0.1, -0.05) is 18.2 Å². The van der Waals surface area contributed by atoms with E-state index in [1.165, 1.54) is 17.7 Å². The first-order valence-electron chi connectivity index (χ1n) is 4.45. The van der Waals surface area contributed by atoms with E-state index in [0.29, 0.717) is 5.92 Å². The molecule has 1 unspecified atom stereocenters. The second kappa shape index (κ2) is 3.10. The molecule has 1 aliphatic carbocycles. The molecule has 0 aromatic heterocycles. The molecule has 0 amide bonds. The lowest BCUT2D eigenvalue weighted by molar-refractivity contribution is 0.762. The highest BCUT2D eigenvalue weighted by Crippen LogP contribution is 2.21. The van der Waals surface area contributed by atoms with E-state index in [-0.39, 0.29) is 0 Å². The van der Waals surface area contributed by atoms with Crippen molar-refractivity contribution in [3.05, 3.63) is 36.1 Å². The number of fused-ring (bicyclic) bond motifs is 1. The Bertz CT molecular complexity index is 292. The van der Waals surface area contributed by atoms with Crippen LogP contribution in [0, 0.1) is 5.92 Å². The summed E-state index contributed by atoms with van der Waals surface area (Å²) in [4.78, 5) is 4.40. The van der Waals surface area contributed by atoms with E-state index in [0.717, 1.165) is 6.42 Å². The molecule has 0 radical (unpaired) electrons. The molecule has 0 bridgehead atoms. The minimum Gasteiger partial charge on any atom is -0.261 e. The first-order chi connectivity index (χ1) is 5.86. The molecule has 1 heterocycles. The molecule has 1 atom stereocenters. The van der Waals surface area contributed by atoms with Gasteiger partial charge in [-0.15, -0.1) is 0 Å². The Morgan fingerprint density at radius 1 is 1.50 bits per heavy atom. The molecule has 1 aliphatic heterocycles. The zero-order chi connectivity index (χ0) is 8.39. The Labute approximate surface area is 73.2 Å². The van der Waals surface area contributed by atoms with Crippen molar-refractivity contribution in [2.24, 2.45) is 10.9 Å². The van der Waals surface area contributed by atoms with Gasteiger partial charge in [0.25, 0.3) is 0 Å². The Balaban J connectivity index is 2.30. The van der Waals surface area contributed by atoms with Crippen molar-refractivity contribution < 1.29 is 0 Å². The van der Waals surface area contributed by atoms with E-state index in [4.69, 9.17) is 0 Å². The topological polar surface area (TPSA) is 12.4 Å². The van der Waals surface area contributed by atoms with Gasteiger partial charge in [0.2, 0.25) is 0 Å². The van der Waals surface area contributed by atoms with Crippen molar-refractivity contribution in [2.75, 3.05) is 0 Å². The Morgan fingerprint density at radius 2 is 2.42 bits per heavy atom. The predicted molar refractivity (Wildman–Crippen MR) is 52.2 cm³/mol. The summed E-state index contributed by atoms with van der Waals surface area (Å²) >= 11 is 0. The smallest absolute Gasteiger partial charge is 0.0474 e. The van der Waals surface area contributed by atoms with Crippen LogP contribution >= 0.6 is 0 Å². The highest BCUT2D eigenvalue weighted by Gasteiger charge is 2.14. The van der Waals surface area contributed by atoms with Crippen molar-refractivity contribution >= 4 is 5.71 Å². The highest BCUT2D eigenvalue weighted by atomic mass is 14.7. The van der Waals surface area contributed by atoms with Crippen LogP contribution in [0.3, 0.4) is 0 Å². The SMILES string of the molecule is CC1=CC2=NC=CCCC2C=C1. The van der Waals surface area contributed by atoms with Gasteiger partial charge in [-0.3, -0.25) is 4.99 Å². The summed E-state index contributed by atoms with van der Waals surface area (Å²) in [5.41, 5.74) is 2.53. The summed E-state index contributed by atoms with van der Waals surface area (Å²) < 4.78 is 0. The van der Waals surface area contributed by atoms with Gasteiger partial charge in [0.05, 0.1) is 0 Å². The number of rotatable bonds is 0. The third-order valence-corrected chi connectivity index (χ3v) is 2.32. The third kappa shape index (κ3) is 1.40. The van der Waals surface area contributed by atoms with Crippen molar-refractivity contribution in [1.82, 2.24) is 0 Å². The van der Waals surface area contributed by atoms with Gasteiger partial charge in [-0.25, -0.2) is 0 Å². The molecule has 0 spiro atoms. The fourth-order valence-electron chi connectivity index (χ4n) is 1.62. The number of allylic oxidation sites excluding steroid dienone is 5. The van der Waals surface area contributed by atoms with Gasteiger partial charge >= 0.3 is 0 Å². The van der Waals surface area contributed by atoms with Crippen molar-refractivity contribution in [2.45, 2.75) is 19.8 Å². The number of hydrogen-bond acceptors (Lipinski definition) is 1. The second-order valence-corrected chi connectivity index (χ2v) is 3.37. The van der Waals surface area contributed by atoms with E-state index >= 15 is 0 Å². The van der Waals surface area contributed by atoms with Gasteiger partial charge in [-0.2, -0.15) is 0 Å². The maximum atomic E-state index is 4.40. The molecule has 0 saturated carbocycles. The first kappa shape index (κ1) is 7.53. The summed E-state index contributed by atoms with van der Waals surface area (Å²) in [6, 6.07) is 0. The van der Waals surface area contributed by atoms with Gasteiger partial charge in [0.15, 0.2) is 0 Å². The van der Waals surface area contributed by atoms with Gasteiger partial charge in [0.1, 0.15) is 0 Å². The summed E-state index contributed by atoms with van der Waals surface area (Å²) in [5.74, 6) is 0.559. The normalized spacial score (nSPS) is 27.2. The molecule has 0 saturated heterocycles. The van der Waals surface area contributed by atoms with Gasteiger partial charge in [-0.05, 0) is 31.4 Å². The van der Waals surface area contributed by atoms with Crippen molar-refractivity contribution in [3.8, 4) is 0 Å². The lowest BCUT2D eigenvalue weighted by atomic mass is 9.92. The predicted octanol–water partition coefficient (Wildman–Crippen LogP) is 2.87. The largest absolute Gasteiger partial charge is 0.261 e. The average Bonchev–Trinajstić information content (AvgIpc) is 2.28. The van der Waals surface area contributed by atoms with E-state index in [1.54, 1.807) is 0 Å². The monoisotopic (exact) mass is 159 g/mol. The van der Waals surface area contributed by atoms with Crippen LogP contribution in [0.15, 0.2) is 41.1 Å². The number of aliphatic imine (C=N–C) groups is 1. The lowest BCUT2D eigenvalue weighted by Gasteiger charge is -2.14. The number of nitrogens with zero attached hydrogens (tertiary/aromatic N) is 1. The summed E-state index contributed by atoms with van der Waals surface area (Å²) in [7, 11) is 0. The molecule has 2 rings (SSSR count). The summed E-state index contributed by atoms with van der Waals surface area (Å²) in [5, 5.41) is 0. The zero-order valence-corrected chi connectivity index (χ0v) is 7.33. The first-order valence-corrected chi connectivity index (χ1v) is 4.45. The fraction of sp³-hybridized carbons (Fsp3) is 0.364. The number of hydrogen-bond donors (Lipinski definition) is 0. The molecule has 2 aliphatic rings. The van der Waals surface area contributed by atoms with Crippen LogP contribution in [-0.4, -0.2) is 5.71 Å². The molecule has 0 N–H and O–H groups in total. The van der Waals surface area contributed by atoms with Crippen LogP contribution in [0.1, 0.15) is 19.8 Å². The molecule has 0 aromatic rings. The highest BCUT2D eigenvalue weighted by molar-refractivity contribution is 6.00. The maximum Gasteiger partial charge on any atom is 0.0474 e. The van der Waals surface area contributed by atoms with Gasteiger partial charge in [0, 0.05) is 17.8 Å². The van der Waals surface area contributed by atoms with Crippen LogP contribution in [0.25, 0.3) is 0 Å². The van der Waals surface area contributed by atoms with Crippen LogP contribution in [0.5, 0.6) is 0 Å². The molecule has 0 fully saturated rings. The second-order valence-electron chi connectivity index (χ2n) is 3.37. The van der Waals surface area contributed by atoms with Crippen LogP contribution in [0.4, 0.5) is 0 Å². The molecule has 1 nitrogen and oxygen atoms in total. The Kier molecular flexibility index (Phi) is 1.94. The van der Waals surface area contributed by atoms with Crippen LogP contribution in [0.2, 0.25) is 0 Å². The van der Waals surface area contributed by atoms with E-state index < -0.39 is 0 Å². The Hall–Kier alpha value is -1.11. The molecular weight excluding hydrogens is 146 g/mol. The van der Waals surface area contributed by atoms with Gasteiger partial charge < -0.3 is 0 Å².